The van der Waals surface area contributed by atoms with E-state index < -0.39 is 12.0 Å². The number of thiazole rings is 1. The first kappa shape index (κ1) is 32.3. The topological polar surface area (TPSA) is 97.6 Å². The van der Waals surface area contributed by atoms with Crippen LogP contribution < -0.4 is 33.8 Å². The van der Waals surface area contributed by atoms with Crippen molar-refractivity contribution in [3.63, 3.8) is 0 Å². The lowest BCUT2D eigenvalue weighted by molar-refractivity contribution is -0.138. The van der Waals surface area contributed by atoms with Gasteiger partial charge in [0.25, 0.3) is 5.56 Å². The Morgan fingerprint density at radius 3 is 2.36 bits per heavy atom. The average Bonchev–Trinajstić information content (AvgIpc) is 3.35. The molecular formula is C34H33IN2O7S. The molecule has 5 rings (SSSR count). The second-order valence-corrected chi connectivity index (χ2v) is 12.4. The van der Waals surface area contributed by atoms with Gasteiger partial charge < -0.3 is 23.7 Å². The Kier molecular flexibility index (Phi) is 9.98. The van der Waals surface area contributed by atoms with E-state index >= 15 is 0 Å². The normalized spacial score (nSPS) is 14.6. The zero-order valence-corrected chi connectivity index (χ0v) is 28.7. The van der Waals surface area contributed by atoms with E-state index in [9.17, 15) is 9.59 Å². The van der Waals surface area contributed by atoms with Gasteiger partial charge in [-0.2, -0.15) is 0 Å². The Labute approximate surface area is 278 Å². The molecule has 0 saturated carbocycles. The standard InChI is InChI=1S/C34H33IN2O7S/c1-7-43-33(39)28-29(21-11-9-8-10-12-21)36-34-37(30(28)22-13-14-24(40-4)25(18-22)41-5)32(38)27(45-34)17-20-15-23(35)31(44-19(2)3)26(16-20)42-6/h8-19,30H,7H2,1-6H3/b27-17-/t30-/m1/s1. The van der Waals surface area contributed by atoms with Gasteiger partial charge in [0.1, 0.15) is 0 Å². The third-order valence-corrected chi connectivity index (χ3v) is 8.78. The summed E-state index contributed by atoms with van der Waals surface area (Å²) in [5, 5.41) is 0. The number of rotatable bonds is 10. The molecule has 0 bridgehead atoms. The van der Waals surface area contributed by atoms with Crippen LogP contribution in [0.4, 0.5) is 0 Å². The Morgan fingerprint density at radius 2 is 1.71 bits per heavy atom. The van der Waals surface area contributed by atoms with Crippen LogP contribution >= 0.6 is 33.9 Å². The molecule has 1 aliphatic rings. The molecule has 2 heterocycles. The minimum Gasteiger partial charge on any atom is -0.493 e. The number of halogens is 1. The lowest BCUT2D eigenvalue weighted by atomic mass is 9.93. The maximum atomic E-state index is 14.3. The fourth-order valence-electron chi connectivity index (χ4n) is 5.10. The van der Waals surface area contributed by atoms with Crippen molar-refractivity contribution in [2.24, 2.45) is 4.99 Å². The average molecular weight is 741 g/mol. The van der Waals surface area contributed by atoms with Crippen LogP contribution in [-0.2, 0) is 9.53 Å². The van der Waals surface area contributed by atoms with Crippen LogP contribution in [0.3, 0.4) is 0 Å². The summed E-state index contributed by atoms with van der Waals surface area (Å²) in [6.45, 7) is 5.80. The van der Waals surface area contributed by atoms with Crippen LogP contribution in [0.25, 0.3) is 11.8 Å². The number of methoxy groups -OCH3 is 3. The molecule has 0 unspecified atom stereocenters. The minimum absolute atomic E-state index is 0.0362. The van der Waals surface area contributed by atoms with Gasteiger partial charge in [-0.05, 0) is 84.8 Å². The minimum atomic E-state index is -0.853. The first-order chi connectivity index (χ1) is 21.7. The number of aromatic nitrogens is 1. The molecule has 0 saturated heterocycles. The smallest absolute Gasteiger partial charge is 0.338 e. The zero-order valence-electron chi connectivity index (χ0n) is 25.8. The largest absolute Gasteiger partial charge is 0.493 e. The van der Waals surface area contributed by atoms with Crippen molar-refractivity contribution >= 4 is 51.7 Å². The molecule has 45 heavy (non-hydrogen) atoms. The quantitative estimate of drug-likeness (QED) is 0.160. The fourth-order valence-corrected chi connectivity index (χ4v) is 6.86. The molecule has 3 aromatic carbocycles. The van der Waals surface area contributed by atoms with Crippen molar-refractivity contribution in [3.05, 3.63) is 106 Å². The van der Waals surface area contributed by atoms with E-state index in [-0.39, 0.29) is 23.8 Å². The van der Waals surface area contributed by atoms with E-state index in [4.69, 9.17) is 28.7 Å². The van der Waals surface area contributed by atoms with Crippen LogP contribution in [-0.4, -0.2) is 44.6 Å². The van der Waals surface area contributed by atoms with E-state index in [0.717, 1.165) is 14.7 Å². The van der Waals surface area contributed by atoms with Gasteiger partial charge in [0.05, 0.1) is 59.5 Å². The molecule has 9 nitrogen and oxygen atoms in total. The maximum absolute atomic E-state index is 14.3. The lowest BCUT2D eigenvalue weighted by Crippen LogP contribution is -2.40. The first-order valence-corrected chi connectivity index (χ1v) is 16.1. The summed E-state index contributed by atoms with van der Waals surface area (Å²) in [6.07, 6.45) is 1.76. The Hall–Kier alpha value is -4.10. The monoisotopic (exact) mass is 740 g/mol. The molecule has 4 aromatic rings. The van der Waals surface area contributed by atoms with Gasteiger partial charge in [-0.15, -0.1) is 0 Å². The summed E-state index contributed by atoms with van der Waals surface area (Å²) >= 11 is 3.45. The molecule has 0 amide bonds. The van der Waals surface area contributed by atoms with E-state index in [1.54, 1.807) is 43.9 Å². The number of nitrogens with zero attached hydrogens (tertiary/aromatic N) is 2. The predicted octanol–water partition coefficient (Wildman–Crippen LogP) is 5.35. The van der Waals surface area contributed by atoms with Crippen LogP contribution in [0.1, 0.15) is 43.5 Å². The van der Waals surface area contributed by atoms with Crippen molar-refractivity contribution in [2.75, 3.05) is 27.9 Å². The molecule has 0 aliphatic carbocycles. The highest BCUT2D eigenvalue weighted by Crippen LogP contribution is 2.39. The van der Waals surface area contributed by atoms with Gasteiger partial charge in [-0.1, -0.05) is 47.7 Å². The van der Waals surface area contributed by atoms with Crippen molar-refractivity contribution < 1.29 is 28.5 Å². The van der Waals surface area contributed by atoms with Crippen LogP contribution in [0.5, 0.6) is 23.0 Å². The van der Waals surface area contributed by atoms with Gasteiger partial charge in [0.15, 0.2) is 27.8 Å². The van der Waals surface area contributed by atoms with Crippen LogP contribution in [0.15, 0.2) is 76.0 Å². The number of carbonyl (C=O) groups excluding carboxylic acids is 1. The number of esters is 1. The van der Waals surface area contributed by atoms with Crippen molar-refractivity contribution in [2.45, 2.75) is 32.9 Å². The highest BCUT2D eigenvalue weighted by molar-refractivity contribution is 14.1. The third-order valence-electron chi connectivity index (χ3n) is 7.00. The zero-order chi connectivity index (χ0) is 32.2. The van der Waals surface area contributed by atoms with Gasteiger partial charge in [-0.25, -0.2) is 9.79 Å². The van der Waals surface area contributed by atoms with Gasteiger partial charge in [0, 0.05) is 5.56 Å². The molecule has 11 heteroatoms. The molecular weight excluding hydrogens is 707 g/mol. The first-order valence-electron chi connectivity index (χ1n) is 14.2. The van der Waals surface area contributed by atoms with E-state index in [1.807, 2.05) is 62.4 Å². The third kappa shape index (κ3) is 6.50. The van der Waals surface area contributed by atoms with Gasteiger partial charge >= 0.3 is 5.97 Å². The molecule has 0 N–H and O–H groups in total. The Morgan fingerprint density at radius 1 is 1.00 bits per heavy atom. The summed E-state index contributed by atoms with van der Waals surface area (Å²) in [4.78, 5) is 33.4. The molecule has 1 aromatic heterocycles. The summed E-state index contributed by atoms with van der Waals surface area (Å²) in [7, 11) is 4.68. The van der Waals surface area contributed by atoms with Crippen molar-refractivity contribution in [1.29, 1.82) is 0 Å². The highest BCUT2D eigenvalue weighted by atomic mass is 127. The molecule has 0 fully saturated rings. The summed E-state index contributed by atoms with van der Waals surface area (Å²) in [6, 6.07) is 17.7. The van der Waals surface area contributed by atoms with Crippen molar-refractivity contribution in [3.8, 4) is 23.0 Å². The second-order valence-electron chi connectivity index (χ2n) is 10.2. The summed E-state index contributed by atoms with van der Waals surface area (Å²) < 4.78 is 31.1. The Bertz CT molecular complexity index is 1950. The van der Waals surface area contributed by atoms with Crippen LogP contribution in [0.2, 0.25) is 0 Å². The molecule has 0 spiro atoms. The number of hydrogen-bond donors (Lipinski definition) is 0. The second kappa shape index (κ2) is 13.9. The summed E-state index contributed by atoms with van der Waals surface area (Å²) in [5.74, 6) is 1.63. The number of fused-ring (bicyclic) bond motifs is 1. The molecule has 234 valence electrons. The van der Waals surface area contributed by atoms with E-state index in [2.05, 4.69) is 22.6 Å². The molecule has 0 radical (unpaired) electrons. The maximum Gasteiger partial charge on any atom is 0.338 e. The van der Waals surface area contributed by atoms with Gasteiger partial charge in [-0.3, -0.25) is 9.36 Å². The van der Waals surface area contributed by atoms with Crippen molar-refractivity contribution in [1.82, 2.24) is 4.57 Å². The molecule has 1 atom stereocenters. The number of ether oxygens (including phenoxy) is 5. The number of carbonyl (C=O) groups is 1. The number of benzene rings is 3. The fraction of sp³-hybridized carbons (Fsp3) is 0.265. The molecule has 1 aliphatic heterocycles. The SMILES string of the molecule is CCOC(=O)C1=C(c2ccccc2)N=c2s/c(=C\c3cc(I)c(OC(C)C)c(OC)c3)c(=O)n2[C@@H]1c1ccc(OC)c(OC)c1. The lowest BCUT2D eigenvalue weighted by Gasteiger charge is -2.26. The number of hydrogen-bond acceptors (Lipinski definition) is 9. The highest BCUT2D eigenvalue weighted by Gasteiger charge is 2.35. The van der Waals surface area contributed by atoms with Gasteiger partial charge in [0.2, 0.25) is 0 Å². The predicted molar refractivity (Wildman–Crippen MR) is 182 cm³/mol. The van der Waals surface area contributed by atoms with E-state index in [1.165, 1.54) is 18.4 Å². The Balaban J connectivity index is 1.80. The van der Waals surface area contributed by atoms with E-state index in [0.29, 0.717) is 43.6 Å². The van der Waals surface area contributed by atoms with Crippen LogP contribution in [0, 0.1) is 3.57 Å². The summed E-state index contributed by atoms with van der Waals surface area (Å²) in [5.41, 5.74) is 2.51.